The van der Waals surface area contributed by atoms with Gasteiger partial charge in [-0.05, 0) is 74.8 Å². The van der Waals surface area contributed by atoms with Crippen LogP contribution in [0.5, 0.6) is 0 Å². The number of nitrogens with one attached hydrogen (secondary N) is 2. The molecule has 1 atom stereocenters. The number of imide groups is 1. The predicted octanol–water partition coefficient (Wildman–Crippen LogP) is 3.89. The molecule has 1 aromatic rings. The minimum absolute atomic E-state index is 0.0429. The molecule has 4 rings (SSSR count). The van der Waals surface area contributed by atoms with Crippen LogP contribution in [0.25, 0.3) is 5.57 Å². The Balaban J connectivity index is 1.31. The van der Waals surface area contributed by atoms with Gasteiger partial charge >= 0.3 is 6.03 Å². The third-order valence-corrected chi connectivity index (χ3v) is 7.55. The number of rotatable bonds is 9. The number of carbonyl (C=O) groups is 3. The van der Waals surface area contributed by atoms with E-state index in [1.807, 2.05) is 23.4 Å². The zero-order valence-corrected chi connectivity index (χ0v) is 21.5. The summed E-state index contributed by atoms with van der Waals surface area (Å²) in [5.74, 6) is -0.0996. The number of nitrogens with zero attached hydrogens (tertiary/aromatic N) is 3. The Morgan fingerprint density at radius 3 is 2.56 bits per heavy atom. The highest BCUT2D eigenvalue weighted by Crippen LogP contribution is 2.43. The Morgan fingerprint density at radius 2 is 1.92 bits per heavy atom. The average Bonchev–Trinajstić information content (AvgIpc) is 3.70. The van der Waals surface area contributed by atoms with Gasteiger partial charge in [0.1, 0.15) is 5.54 Å². The molecule has 3 fully saturated rings. The van der Waals surface area contributed by atoms with Crippen LogP contribution in [0, 0.1) is 5.92 Å². The standard InChI is InChI=1S/C28H37N5O3/c1-4-20(2)11-13-29-19-21(3)22-6-5-7-24(18-22)32-14-16-33(17-15-32)25(34)10-12-28(23-8-9-23)26(35)30-27(36)31-28/h5-7,11,13,18-19,23H,4,8-10,12,14-17H2,1-3H3,(H2,30,31,35,36)/b20-11+,21-19+,29-13-. The first-order valence-electron chi connectivity index (χ1n) is 12.9. The molecule has 1 aliphatic carbocycles. The summed E-state index contributed by atoms with van der Waals surface area (Å²) in [5, 5.41) is 5.16. The Hall–Kier alpha value is -3.42. The average molecular weight is 492 g/mol. The quantitative estimate of drug-likeness (QED) is 0.405. The third kappa shape index (κ3) is 5.86. The van der Waals surface area contributed by atoms with Crippen LogP contribution in [0.15, 0.2) is 47.1 Å². The molecule has 36 heavy (non-hydrogen) atoms. The Morgan fingerprint density at radius 1 is 1.17 bits per heavy atom. The number of benzene rings is 1. The number of carbonyl (C=O) groups excluding carboxylic acids is 3. The Bertz CT molecular complexity index is 1100. The van der Waals surface area contributed by atoms with Crippen molar-refractivity contribution in [2.45, 2.75) is 58.4 Å². The normalized spacial score (nSPS) is 23.3. The van der Waals surface area contributed by atoms with E-state index in [0.29, 0.717) is 19.5 Å². The van der Waals surface area contributed by atoms with Crippen molar-refractivity contribution in [3.05, 3.63) is 47.7 Å². The second kappa shape index (κ2) is 11.1. The predicted molar refractivity (Wildman–Crippen MR) is 143 cm³/mol. The first-order valence-corrected chi connectivity index (χ1v) is 12.9. The molecule has 2 saturated heterocycles. The van der Waals surface area contributed by atoms with Crippen LogP contribution < -0.4 is 15.5 Å². The molecule has 1 unspecified atom stereocenters. The number of amides is 4. The summed E-state index contributed by atoms with van der Waals surface area (Å²) in [6.07, 6.45) is 9.22. The van der Waals surface area contributed by atoms with E-state index in [1.54, 1.807) is 0 Å². The van der Waals surface area contributed by atoms with Crippen molar-refractivity contribution in [3.63, 3.8) is 0 Å². The fourth-order valence-corrected chi connectivity index (χ4v) is 4.89. The van der Waals surface area contributed by atoms with Crippen LogP contribution in [0.2, 0.25) is 0 Å². The fourth-order valence-electron chi connectivity index (χ4n) is 4.89. The van der Waals surface area contributed by atoms with E-state index in [-0.39, 0.29) is 24.2 Å². The Labute approximate surface area is 213 Å². The molecule has 0 aromatic heterocycles. The molecule has 192 valence electrons. The van der Waals surface area contributed by atoms with Crippen molar-refractivity contribution in [2.75, 3.05) is 31.1 Å². The fraction of sp³-hybridized carbons (Fsp3) is 0.500. The van der Waals surface area contributed by atoms with Gasteiger partial charge in [-0.1, -0.05) is 24.6 Å². The number of urea groups is 1. The second-order valence-corrected chi connectivity index (χ2v) is 10.0. The van der Waals surface area contributed by atoms with Gasteiger partial charge in [0.25, 0.3) is 5.91 Å². The number of anilines is 1. The van der Waals surface area contributed by atoms with Gasteiger partial charge < -0.3 is 15.1 Å². The summed E-state index contributed by atoms with van der Waals surface area (Å²) < 4.78 is 0. The van der Waals surface area contributed by atoms with Crippen molar-refractivity contribution in [1.82, 2.24) is 15.5 Å². The molecule has 4 amide bonds. The first kappa shape index (κ1) is 25.7. The van der Waals surface area contributed by atoms with Crippen LogP contribution in [-0.4, -0.2) is 60.7 Å². The van der Waals surface area contributed by atoms with Crippen molar-refractivity contribution in [1.29, 1.82) is 0 Å². The lowest BCUT2D eigenvalue weighted by molar-refractivity contribution is -0.132. The highest BCUT2D eigenvalue weighted by Gasteiger charge is 2.55. The van der Waals surface area contributed by atoms with E-state index in [1.165, 1.54) is 5.57 Å². The van der Waals surface area contributed by atoms with E-state index >= 15 is 0 Å². The van der Waals surface area contributed by atoms with Crippen molar-refractivity contribution in [3.8, 4) is 0 Å². The maximum absolute atomic E-state index is 12.9. The number of allylic oxidation sites excluding steroid dienone is 3. The molecule has 0 radical (unpaired) electrons. The van der Waals surface area contributed by atoms with Crippen LogP contribution in [0.4, 0.5) is 10.5 Å². The molecule has 2 aliphatic heterocycles. The van der Waals surface area contributed by atoms with E-state index in [9.17, 15) is 14.4 Å². The maximum atomic E-state index is 12.9. The number of aliphatic imine (C=N–C) groups is 1. The Kier molecular flexibility index (Phi) is 7.91. The molecule has 1 aromatic carbocycles. The summed E-state index contributed by atoms with van der Waals surface area (Å²) in [6, 6.07) is 7.97. The van der Waals surface area contributed by atoms with E-state index in [2.05, 4.69) is 65.6 Å². The molecule has 0 bridgehead atoms. The molecule has 8 nitrogen and oxygen atoms in total. The van der Waals surface area contributed by atoms with Crippen molar-refractivity contribution in [2.24, 2.45) is 10.9 Å². The topological polar surface area (TPSA) is 94.1 Å². The highest BCUT2D eigenvalue weighted by atomic mass is 16.2. The summed E-state index contributed by atoms with van der Waals surface area (Å²) in [4.78, 5) is 45.7. The van der Waals surface area contributed by atoms with Crippen LogP contribution in [0.1, 0.15) is 58.4 Å². The molecule has 2 N–H and O–H groups in total. The van der Waals surface area contributed by atoms with Gasteiger partial charge in [-0.25, -0.2) is 4.79 Å². The van der Waals surface area contributed by atoms with Gasteiger partial charge in [-0.3, -0.25) is 19.9 Å². The number of hydrogen-bond donors (Lipinski definition) is 2. The smallest absolute Gasteiger partial charge is 0.322 e. The summed E-state index contributed by atoms with van der Waals surface area (Å²) in [6.45, 7) is 9.07. The summed E-state index contributed by atoms with van der Waals surface area (Å²) in [5.41, 5.74) is 3.74. The number of hydrogen-bond acceptors (Lipinski definition) is 5. The summed E-state index contributed by atoms with van der Waals surface area (Å²) >= 11 is 0. The SMILES string of the molecule is CC/C(C)=C/C=N\C=C(/C)c1cccc(N2CCN(C(=O)CCC3(C4CC4)NC(=O)NC3=O)CC2)c1. The zero-order chi connectivity index (χ0) is 25.7. The van der Waals surface area contributed by atoms with Gasteiger partial charge in [0.05, 0.1) is 0 Å². The molecule has 8 heteroatoms. The zero-order valence-electron chi connectivity index (χ0n) is 21.5. The lowest BCUT2D eigenvalue weighted by Gasteiger charge is -2.37. The minimum atomic E-state index is -0.907. The molecular formula is C28H37N5O3. The lowest BCUT2D eigenvalue weighted by atomic mass is 9.87. The monoisotopic (exact) mass is 491 g/mol. The van der Waals surface area contributed by atoms with E-state index in [0.717, 1.165) is 49.2 Å². The van der Waals surface area contributed by atoms with Crippen LogP contribution in [-0.2, 0) is 9.59 Å². The largest absolute Gasteiger partial charge is 0.368 e. The van der Waals surface area contributed by atoms with Crippen molar-refractivity contribution < 1.29 is 14.4 Å². The lowest BCUT2D eigenvalue weighted by Crippen LogP contribution is -2.51. The van der Waals surface area contributed by atoms with Crippen LogP contribution >= 0.6 is 0 Å². The summed E-state index contributed by atoms with van der Waals surface area (Å²) in [7, 11) is 0. The van der Waals surface area contributed by atoms with Gasteiger partial charge in [-0.15, -0.1) is 0 Å². The van der Waals surface area contributed by atoms with Gasteiger partial charge in [-0.2, -0.15) is 0 Å². The molecule has 2 heterocycles. The maximum Gasteiger partial charge on any atom is 0.322 e. The molecule has 1 saturated carbocycles. The molecule has 3 aliphatic rings. The van der Waals surface area contributed by atoms with Crippen molar-refractivity contribution >= 4 is 35.3 Å². The highest BCUT2D eigenvalue weighted by molar-refractivity contribution is 6.07. The molecule has 0 spiro atoms. The second-order valence-electron chi connectivity index (χ2n) is 10.0. The van der Waals surface area contributed by atoms with Gasteiger partial charge in [0.15, 0.2) is 0 Å². The third-order valence-electron chi connectivity index (χ3n) is 7.55. The molecular weight excluding hydrogens is 454 g/mol. The van der Waals surface area contributed by atoms with Gasteiger partial charge in [0.2, 0.25) is 5.91 Å². The van der Waals surface area contributed by atoms with Crippen LogP contribution in [0.3, 0.4) is 0 Å². The van der Waals surface area contributed by atoms with E-state index in [4.69, 9.17) is 0 Å². The van der Waals surface area contributed by atoms with Gasteiger partial charge in [0, 0.05) is 50.7 Å². The first-order chi connectivity index (χ1) is 17.3. The minimum Gasteiger partial charge on any atom is -0.368 e. The van der Waals surface area contributed by atoms with E-state index < -0.39 is 11.6 Å². The number of piperazine rings is 1.